The van der Waals surface area contributed by atoms with E-state index in [-0.39, 0.29) is 24.5 Å². The SMILES string of the molecule is O=C(CCC(=O)c1ccc(Cl)c(Cl)c1)N/N=C/c1csc2ccccc12. The Hall–Kier alpha value is -2.21. The molecule has 0 bridgehead atoms. The van der Waals surface area contributed by atoms with Crippen LogP contribution in [0, 0.1) is 0 Å². The minimum absolute atomic E-state index is 0.0425. The van der Waals surface area contributed by atoms with E-state index in [2.05, 4.69) is 10.5 Å². The van der Waals surface area contributed by atoms with Crippen molar-refractivity contribution in [2.75, 3.05) is 0 Å². The first-order valence-corrected chi connectivity index (χ1v) is 9.44. The van der Waals surface area contributed by atoms with E-state index >= 15 is 0 Å². The number of halogens is 2. The van der Waals surface area contributed by atoms with Crippen molar-refractivity contribution in [3.05, 3.63) is 69.0 Å². The smallest absolute Gasteiger partial charge is 0.240 e. The number of ketones is 1. The number of nitrogens with zero attached hydrogens (tertiary/aromatic N) is 1. The summed E-state index contributed by atoms with van der Waals surface area (Å²) in [7, 11) is 0. The number of thiophene rings is 1. The standard InChI is InChI=1S/C19H14Cl2N2O2S/c20-15-6-5-12(9-16(15)21)17(24)7-8-19(25)23-22-10-13-11-26-18-4-2-1-3-14(13)18/h1-6,9-11H,7-8H2,(H,23,25)/b22-10+. The molecule has 7 heteroatoms. The molecule has 0 unspecified atom stereocenters. The normalized spacial score (nSPS) is 11.2. The van der Waals surface area contributed by atoms with Crippen LogP contribution in [0.3, 0.4) is 0 Å². The summed E-state index contributed by atoms with van der Waals surface area (Å²) >= 11 is 13.3. The monoisotopic (exact) mass is 404 g/mol. The molecule has 0 aliphatic heterocycles. The van der Waals surface area contributed by atoms with Crippen LogP contribution in [0.25, 0.3) is 10.1 Å². The Morgan fingerprint density at radius 2 is 1.88 bits per heavy atom. The highest BCUT2D eigenvalue weighted by Crippen LogP contribution is 2.24. The average Bonchev–Trinajstić information content (AvgIpc) is 3.05. The molecular weight excluding hydrogens is 391 g/mol. The van der Waals surface area contributed by atoms with Gasteiger partial charge in [-0.05, 0) is 24.3 Å². The first-order valence-electron chi connectivity index (χ1n) is 7.81. The highest BCUT2D eigenvalue weighted by atomic mass is 35.5. The Kier molecular flexibility index (Phi) is 6.04. The van der Waals surface area contributed by atoms with Crippen LogP contribution in [-0.2, 0) is 4.79 Å². The second-order valence-corrected chi connectivity index (χ2v) is 7.26. The molecule has 3 rings (SSSR count). The maximum atomic E-state index is 12.1. The lowest BCUT2D eigenvalue weighted by Crippen LogP contribution is -2.18. The van der Waals surface area contributed by atoms with Gasteiger partial charge >= 0.3 is 0 Å². The maximum Gasteiger partial charge on any atom is 0.240 e. The number of fused-ring (bicyclic) bond motifs is 1. The van der Waals surface area contributed by atoms with Crippen LogP contribution in [0.5, 0.6) is 0 Å². The molecule has 0 aliphatic carbocycles. The zero-order valence-corrected chi connectivity index (χ0v) is 15.9. The minimum atomic E-state index is -0.325. The number of Topliss-reactive ketones (excluding diaryl/α,β-unsaturated/α-hetero) is 1. The Balaban J connectivity index is 1.52. The maximum absolute atomic E-state index is 12.1. The molecule has 0 saturated heterocycles. The van der Waals surface area contributed by atoms with E-state index < -0.39 is 0 Å². The molecule has 0 atom stereocenters. The van der Waals surface area contributed by atoms with Crippen molar-refractivity contribution in [2.45, 2.75) is 12.8 Å². The van der Waals surface area contributed by atoms with Crippen LogP contribution in [-0.4, -0.2) is 17.9 Å². The van der Waals surface area contributed by atoms with Crippen LogP contribution in [0.15, 0.2) is 52.9 Å². The van der Waals surface area contributed by atoms with Gasteiger partial charge in [0.15, 0.2) is 5.78 Å². The molecule has 1 N–H and O–H groups in total. The Bertz CT molecular complexity index is 998. The number of amides is 1. The fourth-order valence-corrected chi connectivity index (χ4v) is 3.58. The van der Waals surface area contributed by atoms with Gasteiger partial charge in [0.1, 0.15) is 0 Å². The molecule has 2 aromatic carbocycles. The third-order valence-corrected chi connectivity index (χ3v) is 5.45. The summed E-state index contributed by atoms with van der Waals surface area (Å²) in [6, 6.07) is 12.6. The average molecular weight is 405 g/mol. The van der Waals surface area contributed by atoms with Crippen molar-refractivity contribution in [1.29, 1.82) is 0 Å². The van der Waals surface area contributed by atoms with E-state index in [0.29, 0.717) is 15.6 Å². The molecule has 0 fully saturated rings. The predicted octanol–water partition coefficient (Wildman–Crippen LogP) is 5.32. The summed E-state index contributed by atoms with van der Waals surface area (Å²) in [5, 5.41) is 7.74. The van der Waals surface area contributed by atoms with Crippen LogP contribution < -0.4 is 5.43 Å². The third kappa shape index (κ3) is 4.49. The van der Waals surface area contributed by atoms with Gasteiger partial charge in [0, 0.05) is 39.4 Å². The Morgan fingerprint density at radius 3 is 2.69 bits per heavy atom. The van der Waals surface area contributed by atoms with Crippen molar-refractivity contribution in [1.82, 2.24) is 5.43 Å². The van der Waals surface area contributed by atoms with Crippen molar-refractivity contribution in [2.24, 2.45) is 5.10 Å². The summed E-state index contributed by atoms with van der Waals surface area (Å²) in [5.74, 6) is -0.499. The van der Waals surface area contributed by atoms with Crippen molar-refractivity contribution in [3.8, 4) is 0 Å². The Labute approximate surface area is 164 Å². The van der Waals surface area contributed by atoms with Crippen molar-refractivity contribution >= 4 is 62.5 Å². The van der Waals surface area contributed by atoms with Gasteiger partial charge in [-0.15, -0.1) is 11.3 Å². The lowest BCUT2D eigenvalue weighted by atomic mass is 10.1. The quantitative estimate of drug-likeness (QED) is 0.343. The molecule has 0 saturated carbocycles. The molecule has 0 spiro atoms. The number of rotatable bonds is 6. The highest BCUT2D eigenvalue weighted by Gasteiger charge is 2.10. The molecule has 132 valence electrons. The fraction of sp³-hybridized carbons (Fsp3) is 0.105. The van der Waals surface area contributed by atoms with E-state index in [1.165, 1.54) is 6.07 Å². The molecule has 3 aromatic rings. The molecule has 0 radical (unpaired) electrons. The van der Waals surface area contributed by atoms with Crippen LogP contribution in [0.2, 0.25) is 10.0 Å². The highest BCUT2D eigenvalue weighted by molar-refractivity contribution is 7.17. The van der Waals surface area contributed by atoms with Gasteiger partial charge in [0.05, 0.1) is 16.3 Å². The molecule has 1 heterocycles. The fourth-order valence-electron chi connectivity index (χ4n) is 2.37. The minimum Gasteiger partial charge on any atom is -0.294 e. The van der Waals surface area contributed by atoms with Gasteiger partial charge in [-0.2, -0.15) is 5.10 Å². The first-order chi connectivity index (χ1) is 12.5. The molecule has 4 nitrogen and oxygen atoms in total. The number of hydrazone groups is 1. The topological polar surface area (TPSA) is 58.5 Å². The van der Waals surface area contributed by atoms with Crippen LogP contribution in [0.4, 0.5) is 0 Å². The summed E-state index contributed by atoms with van der Waals surface area (Å²) in [6.07, 6.45) is 1.72. The molecular formula is C19H14Cl2N2O2S. The zero-order chi connectivity index (χ0) is 18.5. The van der Waals surface area contributed by atoms with Gasteiger partial charge in [0.25, 0.3) is 0 Å². The van der Waals surface area contributed by atoms with E-state index in [4.69, 9.17) is 23.2 Å². The molecule has 1 aromatic heterocycles. The van der Waals surface area contributed by atoms with Crippen LogP contribution in [0.1, 0.15) is 28.8 Å². The lowest BCUT2D eigenvalue weighted by molar-refractivity contribution is -0.121. The van der Waals surface area contributed by atoms with Gasteiger partial charge < -0.3 is 0 Å². The number of hydrogen-bond acceptors (Lipinski definition) is 4. The molecule has 0 aliphatic rings. The third-order valence-electron chi connectivity index (χ3n) is 3.72. The second-order valence-electron chi connectivity index (χ2n) is 5.53. The van der Waals surface area contributed by atoms with Crippen molar-refractivity contribution in [3.63, 3.8) is 0 Å². The van der Waals surface area contributed by atoms with E-state index in [9.17, 15) is 9.59 Å². The molecule has 1 amide bonds. The van der Waals surface area contributed by atoms with Crippen LogP contribution >= 0.6 is 34.5 Å². The van der Waals surface area contributed by atoms with Gasteiger partial charge in [0.2, 0.25) is 5.91 Å². The summed E-state index contributed by atoms with van der Waals surface area (Å²) in [6.45, 7) is 0. The second kappa shape index (κ2) is 8.45. The largest absolute Gasteiger partial charge is 0.294 e. The molecule has 26 heavy (non-hydrogen) atoms. The van der Waals surface area contributed by atoms with E-state index in [0.717, 1.165) is 15.6 Å². The zero-order valence-electron chi connectivity index (χ0n) is 13.5. The van der Waals surface area contributed by atoms with Gasteiger partial charge in [-0.1, -0.05) is 41.4 Å². The van der Waals surface area contributed by atoms with Crippen molar-refractivity contribution < 1.29 is 9.59 Å². The number of hydrogen-bond donors (Lipinski definition) is 1. The number of carbonyl (C=O) groups is 2. The number of nitrogens with one attached hydrogen (secondary N) is 1. The predicted molar refractivity (Wildman–Crippen MR) is 108 cm³/mol. The van der Waals surface area contributed by atoms with Gasteiger partial charge in [-0.25, -0.2) is 5.43 Å². The van der Waals surface area contributed by atoms with E-state index in [1.54, 1.807) is 29.7 Å². The Morgan fingerprint density at radius 1 is 1.08 bits per heavy atom. The summed E-state index contributed by atoms with van der Waals surface area (Å²) in [5.41, 5.74) is 3.82. The first kappa shape index (κ1) is 18.6. The van der Waals surface area contributed by atoms with E-state index in [1.807, 2.05) is 29.6 Å². The lowest BCUT2D eigenvalue weighted by Gasteiger charge is -2.02. The number of carbonyl (C=O) groups excluding carboxylic acids is 2. The van der Waals surface area contributed by atoms with Gasteiger partial charge in [-0.3, -0.25) is 9.59 Å². The summed E-state index contributed by atoms with van der Waals surface area (Å²) < 4.78 is 1.16. The number of benzene rings is 2. The summed E-state index contributed by atoms with van der Waals surface area (Å²) in [4.78, 5) is 24.0.